The van der Waals surface area contributed by atoms with Crippen LogP contribution in [0.4, 0.5) is 11.4 Å². The van der Waals surface area contributed by atoms with E-state index < -0.39 is 5.97 Å². The van der Waals surface area contributed by atoms with Gasteiger partial charge in [0.05, 0.1) is 29.7 Å². The van der Waals surface area contributed by atoms with Crippen LogP contribution >= 0.6 is 0 Å². The van der Waals surface area contributed by atoms with Crippen molar-refractivity contribution < 1.29 is 14.3 Å². The number of rotatable bonds is 7. The number of nitrogens with one attached hydrogen (secondary N) is 2. The first kappa shape index (κ1) is 18.4. The predicted molar refractivity (Wildman–Crippen MR) is 97.9 cm³/mol. The number of carbonyl (C=O) groups is 2. The molecule has 0 aliphatic rings. The molecule has 1 heterocycles. The Bertz CT molecular complexity index is 727. The summed E-state index contributed by atoms with van der Waals surface area (Å²) in [4.78, 5) is 28.5. The average Bonchev–Trinajstić information content (AvgIpc) is 2.61. The highest BCUT2D eigenvalue weighted by Gasteiger charge is 2.15. The Hall–Kier alpha value is -2.89. The molecule has 0 aliphatic carbocycles. The molecule has 2 rings (SSSR count). The zero-order valence-corrected chi connectivity index (χ0v) is 14.7. The Morgan fingerprint density at radius 1 is 1.16 bits per heavy atom. The van der Waals surface area contributed by atoms with Crippen molar-refractivity contribution in [1.29, 1.82) is 0 Å². The molecular formula is C19H23N3O3. The van der Waals surface area contributed by atoms with Crippen LogP contribution < -0.4 is 10.6 Å². The zero-order valence-electron chi connectivity index (χ0n) is 14.7. The molecule has 1 aromatic heterocycles. The van der Waals surface area contributed by atoms with Gasteiger partial charge in [-0.1, -0.05) is 26.0 Å². The van der Waals surface area contributed by atoms with E-state index in [1.54, 1.807) is 43.5 Å². The molecule has 0 bridgehead atoms. The minimum absolute atomic E-state index is 0.271. The van der Waals surface area contributed by atoms with Crippen LogP contribution in [0.5, 0.6) is 0 Å². The van der Waals surface area contributed by atoms with Crippen molar-refractivity contribution in [3.05, 3.63) is 53.9 Å². The predicted octanol–water partition coefficient (Wildman–Crippen LogP) is 3.58. The lowest BCUT2D eigenvalue weighted by Gasteiger charge is -2.11. The molecule has 25 heavy (non-hydrogen) atoms. The van der Waals surface area contributed by atoms with Crippen LogP contribution in [-0.2, 0) is 4.74 Å². The number of anilines is 2. The number of para-hydroxylation sites is 1. The molecule has 1 aromatic carbocycles. The van der Waals surface area contributed by atoms with Crippen molar-refractivity contribution in [2.45, 2.75) is 20.8 Å². The molecule has 132 valence electrons. The lowest BCUT2D eigenvalue weighted by atomic mass is 10.1. The highest BCUT2D eigenvalue weighted by molar-refractivity contribution is 6.07. The SMILES string of the molecule is CCOC(=O)c1ccccc1NC(=O)c1ccc(NCC(C)C)cn1. The topological polar surface area (TPSA) is 80.3 Å². The van der Waals surface area contributed by atoms with Gasteiger partial charge in [0.2, 0.25) is 0 Å². The molecule has 0 aliphatic heterocycles. The Labute approximate surface area is 147 Å². The minimum atomic E-state index is -0.473. The molecule has 6 heteroatoms. The standard InChI is InChI=1S/C19H23N3O3/c1-4-25-19(24)15-7-5-6-8-16(15)22-18(23)17-10-9-14(12-21-17)20-11-13(2)3/h5-10,12-13,20H,4,11H2,1-3H3,(H,22,23). The summed E-state index contributed by atoms with van der Waals surface area (Å²) in [6.45, 7) is 7.07. The third-order valence-corrected chi connectivity index (χ3v) is 3.38. The van der Waals surface area contributed by atoms with E-state index in [4.69, 9.17) is 4.74 Å². The van der Waals surface area contributed by atoms with Crippen LogP contribution in [-0.4, -0.2) is 30.0 Å². The summed E-state index contributed by atoms with van der Waals surface area (Å²) in [7, 11) is 0. The molecule has 6 nitrogen and oxygen atoms in total. The smallest absolute Gasteiger partial charge is 0.340 e. The van der Waals surface area contributed by atoms with E-state index in [1.807, 2.05) is 6.07 Å². The van der Waals surface area contributed by atoms with E-state index in [1.165, 1.54) is 0 Å². The van der Waals surface area contributed by atoms with Crippen molar-refractivity contribution in [1.82, 2.24) is 4.98 Å². The van der Waals surface area contributed by atoms with Crippen LogP contribution in [0.15, 0.2) is 42.6 Å². The van der Waals surface area contributed by atoms with Crippen molar-refractivity contribution >= 4 is 23.3 Å². The highest BCUT2D eigenvalue weighted by atomic mass is 16.5. The molecule has 0 unspecified atom stereocenters. The van der Waals surface area contributed by atoms with Gasteiger partial charge in [-0.25, -0.2) is 9.78 Å². The van der Waals surface area contributed by atoms with Gasteiger partial charge < -0.3 is 15.4 Å². The number of carbonyl (C=O) groups excluding carboxylic acids is 2. The second-order valence-electron chi connectivity index (χ2n) is 5.93. The van der Waals surface area contributed by atoms with Gasteiger partial charge in [-0.2, -0.15) is 0 Å². The molecule has 0 fully saturated rings. The van der Waals surface area contributed by atoms with E-state index in [0.717, 1.165) is 12.2 Å². The number of nitrogens with zero attached hydrogens (tertiary/aromatic N) is 1. The fourth-order valence-corrected chi connectivity index (χ4v) is 2.12. The number of esters is 1. The van der Waals surface area contributed by atoms with Crippen molar-refractivity contribution in [2.24, 2.45) is 5.92 Å². The molecule has 2 aromatic rings. The van der Waals surface area contributed by atoms with Gasteiger partial charge >= 0.3 is 5.97 Å². The van der Waals surface area contributed by atoms with Gasteiger partial charge in [0.1, 0.15) is 5.69 Å². The van der Waals surface area contributed by atoms with Gasteiger partial charge in [-0.15, -0.1) is 0 Å². The van der Waals surface area contributed by atoms with E-state index in [9.17, 15) is 9.59 Å². The highest BCUT2D eigenvalue weighted by Crippen LogP contribution is 2.17. The van der Waals surface area contributed by atoms with Crippen molar-refractivity contribution in [2.75, 3.05) is 23.8 Å². The maximum atomic E-state index is 12.4. The Kier molecular flexibility index (Phi) is 6.51. The number of hydrogen-bond acceptors (Lipinski definition) is 5. The number of pyridine rings is 1. The van der Waals surface area contributed by atoms with Gasteiger partial charge in [-0.3, -0.25) is 4.79 Å². The normalized spacial score (nSPS) is 10.4. The van der Waals surface area contributed by atoms with Gasteiger partial charge in [-0.05, 0) is 37.1 Å². The summed E-state index contributed by atoms with van der Waals surface area (Å²) in [5.41, 5.74) is 1.84. The van der Waals surface area contributed by atoms with Crippen LogP contribution in [0.2, 0.25) is 0 Å². The number of benzene rings is 1. The van der Waals surface area contributed by atoms with Crippen LogP contribution in [0.1, 0.15) is 41.6 Å². The molecule has 0 radical (unpaired) electrons. The number of ether oxygens (including phenoxy) is 1. The second-order valence-corrected chi connectivity index (χ2v) is 5.93. The molecule has 2 N–H and O–H groups in total. The third kappa shape index (κ3) is 5.31. The first-order chi connectivity index (χ1) is 12.0. The Morgan fingerprint density at radius 3 is 2.56 bits per heavy atom. The van der Waals surface area contributed by atoms with E-state index in [0.29, 0.717) is 17.2 Å². The minimum Gasteiger partial charge on any atom is -0.462 e. The molecule has 0 saturated heterocycles. The summed E-state index contributed by atoms with van der Waals surface area (Å²) >= 11 is 0. The Balaban J connectivity index is 2.08. The number of hydrogen-bond donors (Lipinski definition) is 2. The fraction of sp³-hybridized carbons (Fsp3) is 0.316. The third-order valence-electron chi connectivity index (χ3n) is 3.38. The van der Waals surface area contributed by atoms with Crippen LogP contribution in [0.25, 0.3) is 0 Å². The van der Waals surface area contributed by atoms with Crippen molar-refractivity contribution in [3.63, 3.8) is 0 Å². The fourth-order valence-electron chi connectivity index (χ4n) is 2.12. The maximum absolute atomic E-state index is 12.4. The van der Waals surface area contributed by atoms with E-state index in [-0.39, 0.29) is 18.2 Å². The zero-order chi connectivity index (χ0) is 18.2. The van der Waals surface area contributed by atoms with Crippen LogP contribution in [0, 0.1) is 5.92 Å². The molecule has 0 saturated carbocycles. The van der Waals surface area contributed by atoms with Gasteiger partial charge in [0.25, 0.3) is 5.91 Å². The second kappa shape index (κ2) is 8.82. The largest absolute Gasteiger partial charge is 0.462 e. The van der Waals surface area contributed by atoms with Gasteiger partial charge in [0.15, 0.2) is 0 Å². The Morgan fingerprint density at radius 2 is 1.92 bits per heavy atom. The van der Waals surface area contributed by atoms with Crippen LogP contribution in [0.3, 0.4) is 0 Å². The molecule has 0 spiro atoms. The molecule has 1 amide bonds. The maximum Gasteiger partial charge on any atom is 0.340 e. The first-order valence-corrected chi connectivity index (χ1v) is 8.28. The van der Waals surface area contributed by atoms with E-state index >= 15 is 0 Å². The number of amides is 1. The lowest BCUT2D eigenvalue weighted by Crippen LogP contribution is -2.17. The monoisotopic (exact) mass is 341 g/mol. The summed E-state index contributed by atoms with van der Waals surface area (Å²) in [5.74, 6) is -0.339. The average molecular weight is 341 g/mol. The first-order valence-electron chi connectivity index (χ1n) is 8.28. The molecule has 0 atom stereocenters. The summed E-state index contributed by atoms with van der Waals surface area (Å²) < 4.78 is 5.00. The van der Waals surface area contributed by atoms with Crippen molar-refractivity contribution in [3.8, 4) is 0 Å². The summed E-state index contributed by atoms with van der Waals surface area (Å²) in [6, 6.07) is 10.2. The summed E-state index contributed by atoms with van der Waals surface area (Å²) in [5, 5.41) is 5.96. The van der Waals surface area contributed by atoms with E-state index in [2.05, 4.69) is 29.5 Å². The van der Waals surface area contributed by atoms with Gasteiger partial charge in [0, 0.05) is 6.54 Å². The summed E-state index contributed by atoms with van der Waals surface area (Å²) in [6.07, 6.45) is 1.62. The quantitative estimate of drug-likeness (QED) is 0.753. The lowest BCUT2D eigenvalue weighted by molar-refractivity contribution is 0.0527. The molecular weight excluding hydrogens is 318 g/mol. The number of aromatic nitrogens is 1.